The molecule has 32 heavy (non-hydrogen) atoms. The highest BCUT2D eigenvalue weighted by Gasteiger charge is 2.30. The lowest BCUT2D eigenvalue weighted by Crippen LogP contribution is -2.46. The Hall–Kier alpha value is -4.33. The van der Waals surface area contributed by atoms with Crippen LogP contribution in [-0.2, 0) is 11.3 Å². The third-order valence-corrected chi connectivity index (χ3v) is 5.29. The summed E-state index contributed by atoms with van der Waals surface area (Å²) in [5, 5.41) is 6.02. The van der Waals surface area contributed by atoms with Crippen LogP contribution in [0.1, 0.15) is 10.4 Å². The number of rotatable bonds is 4. The van der Waals surface area contributed by atoms with Crippen LogP contribution in [0.5, 0.6) is 0 Å². The summed E-state index contributed by atoms with van der Waals surface area (Å²) in [5.74, 6) is -0.989. The first-order valence-corrected chi connectivity index (χ1v) is 10.1. The Kier molecular flexibility index (Phi) is 4.95. The number of carbonyl (C=O) groups is 2. The lowest BCUT2D eigenvalue weighted by Gasteiger charge is -2.29. The van der Waals surface area contributed by atoms with Crippen LogP contribution in [0.15, 0.2) is 79.1 Å². The molecule has 4 aromatic rings. The fraction of sp³-hybridized carbons (Fsp3) is 0.0833. The number of hydrazine groups is 1. The van der Waals surface area contributed by atoms with Crippen LogP contribution in [0.25, 0.3) is 22.4 Å². The molecular formula is C24H18FN5O2. The van der Waals surface area contributed by atoms with Crippen LogP contribution in [0.4, 0.5) is 10.2 Å². The Morgan fingerprint density at radius 3 is 2.31 bits per heavy atom. The van der Waals surface area contributed by atoms with Crippen LogP contribution in [0.2, 0.25) is 0 Å². The number of hydrogen-bond donors (Lipinski definition) is 1. The molecule has 0 saturated heterocycles. The number of anilines is 1. The van der Waals surface area contributed by atoms with Crippen molar-refractivity contribution < 1.29 is 14.0 Å². The van der Waals surface area contributed by atoms with E-state index in [1.807, 2.05) is 12.1 Å². The topological polar surface area (TPSA) is 80.1 Å². The van der Waals surface area contributed by atoms with Gasteiger partial charge in [-0.25, -0.2) is 14.1 Å². The molecule has 1 amide bonds. The van der Waals surface area contributed by atoms with Gasteiger partial charge in [0.2, 0.25) is 0 Å². The van der Waals surface area contributed by atoms with Crippen molar-refractivity contribution in [3.63, 3.8) is 0 Å². The monoisotopic (exact) mass is 427 g/mol. The molecule has 1 aliphatic rings. The molecule has 0 radical (unpaired) electrons. The quantitative estimate of drug-likeness (QED) is 0.396. The highest BCUT2D eigenvalue weighted by Crippen LogP contribution is 2.39. The van der Waals surface area contributed by atoms with E-state index in [0.717, 1.165) is 16.7 Å². The summed E-state index contributed by atoms with van der Waals surface area (Å²) in [5.41, 5.74) is 6.37. The van der Waals surface area contributed by atoms with E-state index in [1.54, 1.807) is 59.5 Å². The molecular weight excluding hydrogens is 409 g/mol. The Balaban J connectivity index is 1.55. The number of Topliss-reactive ketones (excluding diaryl/α,β-unsaturated/α-hetero) is 1. The zero-order valence-electron chi connectivity index (χ0n) is 16.9. The van der Waals surface area contributed by atoms with Gasteiger partial charge >= 0.3 is 5.91 Å². The van der Waals surface area contributed by atoms with Gasteiger partial charge < -0.3 is 0 Å². The lowest BCUT2D eigenvalue weighted by molar-refractivity contribution is -0.125. The third-order valence-electron chi connectivity index (χ3n) is 5.29. The summed E-state index contributed by atoms with van der Waals surface area (Å²) in [4.78, 5) is 29.6. The molecule has 0 aliphatic carbocycles. The molecule has 2 aromatic heterocycles. The van der Waals surface area contributed by atoms with Gasteiger partial charge in [-0.15, -0.1) is 0 Å². The summed E-state index contributed by atoms with van der Waals surface area (Å²) < 4.78 is 15.2. The first-order chi connectivity index (χ1) is 15.6. The van der Waals surface area contributed by atoms with Crippen LogP contribution >= 0.6 is 0 Å². The molecule has 0 fully saturated rings. The highest BCUT2D eigenvalue weighted by molar-refractivity contribution is 6.42. The normalized spacial score (nSPS) is 12.7. The number of hydrogen-bond acceptors (Lipinski definition) is 5. The number of fused-ring (bicyclic) bond motifs is 1. The summed E-state index contributed by atoms with van der Waals surface area (Å²) in [6.45, 7) is 0.667. The Labute approximate surface area is 183 Å². The molecule has 5 rings (SSSR count). The minimum Gasteiger partial charge on any atom is -0.283 e. The average molecular weight is 427 g/mol. The first kappa shape index (κ1) is 19.6. The summed E-state index contributed by atoms with van der Waals surface area (Å²) >= 11 is 0. The molecule has 3 heterocycles. The van der Waals surface area contributed by atoms with Gasteiger partial charge in [0.15, 0.2) is 5.82 Å². The molecule has 0 unspecified atom stereocenters. The maximum absolute atomic E-state index is 13.5. The molecule has 0 saturated carbocycles. The fourth-order valence-electron chi connectivity index (χ4n) is 3.71. The predicted molar refractivity (Wildman–Crippen MR) is 117 cm³/mol. The van der Waals surface area contributed by atoms with E-state index in [2.05, 4.69) is 10.4 Å². The van der Waals surface area contributed by atoms with E-state index in [1.165, 1.54) is 17.1 Å². The summed E-state index contributed by atoms with van der Waals surface area (Å²) in [6.07, 6.45) is 3.33. The smallest absolute Gasteiger partial charge is 0.283 e. The number of benzene rings is 2. The van der Waals surface area contributed by atoms with Gasteiger partial charge in [-0.05, 0) is 42.0 Å². The van der Waals surface area contributed by atoms with Crippen molar-refractivity contribution in [2.24, 2.45) is 0 Å². The van der Waals surface area contributed by atoms with E-state index < -0.39 is 11.7 Å². The lowest BCUT2D eigenvalue weighted by atomic mass is 10.0. The zero-order valence-corrected chi connectivity index (χ0v) is 16.9. The van der Waals surface area contributed by atoms with Gasteiger partial charge in [-0.1, -0.05) is 30.3 Å². The molecule has 1 N–H and O–H groups in total. The van der Waals surface area contributed by atoms with Gasteiger partial charge in [0.25, 0.3) is 5.78 Å². The maximum Gasteiger partial charge on any atom is 0.313 e. The highest BCUT2D eigenvalue weighted by atomic mass is 19.1. The number of carbonyl (C=O) groups excluding carboxylic acids is 2. The van der Waals surface area contributed by atoms with Crippen molar-refractivity contribution in [1.29, 1.82) is 0 Å². The van der Waals surface area contributed by atoms with E-state index in [0.29, 0.717) is 23.6 Å². The minimum atomic E-state index is -0.646. The van der Waals surface area contributed by atoms with Gasteiger partial charge in [0.05, 0.1) is 18.7 Å². The van der Waals surface area contributed by atoms with E-state index in [-0.39, 0.29) is 12.4 Å². The number of ketones is 1. The van der Waals surface area contributed by atoms with Crippen molar-refractivity contribution >= 4 is 17.5 Å². The number of halogens is 1. The number of aromatic nitrogens is 3. The van der Waals surface area contributed by atoms with Gasteiger partial charge in [0, 0.05) is 23.5 Å². The molecule has 0 bridgehead atoms. The van der Waals surface area contributed by atoms with E-state index in [4.69, 9.17) is 5.10 Å². The summed E-state index contributed by atoms with van der Waals surface area (Å²) in [7, 11) is 0. The Morgan fingerprint density at radius 2 is 1.59 bits per heavy atom. The van der Waals surface area contributed by atoms with E-state index in [9.17, 15) is 14.0 Å². The van der Waals surface area contributed by atoms with Crippen molar-refractivity contribution in [3.05, 3.63) is 90.5 Å². The Bertz CT molecular complexity index is 1290. The molecule has 0 spiro atoms. The maximum atomic E-state index is 13.5. The SMILES string of the molecule is O=C(C(=O)N1CCn2nc(-c3ccc(F)cc3)c(-c3ccncc3)c2N1)c1ccccc1. The molecule has 7 nitrogen and oxygen atoms in total. The second-order valence-electron chi connectivity index (χ2n) is 7.30. The van der Waals surface area contributed by atoms with Crippen molar-refractivity contribution in [3.8, 4) is 22.4 Å². The number of nitrogens with one attached hydrogen (secondary N) is 1. The minimum absolute atomic E-state index is 0.269. The summed E-state index contributed by atoms with van der Waals surface area (Å²) in [6, 6.07) is 18.2. The van der Waals surface area contributed by atoms with E-state index >= 15 is 0 Å². The second kappa shape index (κ2) is 8.07. The number of amides is 1. The van der Waals surface area contributed by atoms with Crippen LogP contribution in [-0.4, -0.2) is 38.0 Å². The average Bonchev–Trinajstić information content (AvgIpc) is 3.23. The van der Waals surface area contributed by atoms with Crippen LogP contribution in [0.3, 0.4) is 0 Å². The predicted octanol–water partition coefficient (Wildman–Crippen LogP) is 3.80. The molecule has 0 atom stereocenters. The molecule has 2 aromatic carbocycles. The standard InChI is InChI=1S/C24H18FN5O2/c25-19-8-6-17(7-9-19)21-20(16-10-12-26-13-11-16)23-28-30(15-14-29(23)27-21)24(32)22(31)18-4-2-1-3-5-18/h1-13,28H,14-15H2. The molecule has 8 heteroatoms. The van der Waals surface area contributed by atoms with Gasteiger partial charge in [-0.2, -0.15) is 5.10 Å². The van der Waals surface area contributed by atoms with Crippen LogP contribution < -0.4 is 5.43 Å². The van der Waals surface area contributed by atoms with Gasteiger partial charge in [-0.3, -0.25) is 20.0 Å². The van der Waals surface area contributed by atoms with Crippen LogP contribution in [0, 0.1) is 5.82 Å². The second-order valence-corrected chi connectivity index (χ2v) is 7.30. The molecule has 158 valence electrons. The first-order valence-electron chi connectivity index (χ1n) is 10.1. The Morgan fingerprint density at radius 1 is 0.875 bits per heavy atom. The van der Waals surface area contributed by atoms with Crippen molar-refractivity contribution in [1.82, 2.24) is 19.8 Å². The zero-order chi connectivity index (χ0) is 22.1. The van der Waals surface area contributed by atoms with Crippen molar-refractivity contribution in [2.75, 3.05) is 12.0 Å². The number of nitrogens with zero attached hydrogens (tertiary/aromatic N) is 4. The molecule has 1 aliphatic heterocycles. The fourth-order valence-corrected chi connectivity index (χ4v) is 3.71. The van der Waals surface area contributed by atoms with Gasteiger partial charge in [0.1, 0.15) is 11.5 Å². The number of pyridine rings is 1. The largest absolute Gasteiger partial charge is 0.313 e. The van der Waals surface area contributed by atoms with Crippen molar-refractivity contribution in [2.45, 2.75) is 6.54 Å². The third kappa shape index (κ3) is 3.51.